The molecule has 5 rings (SSSR count). The number of nitrogens with zero attached hydrogens (tertiary/aromatic N) is 3. The van der Waals surface area contributed by atoms with Gasteiger partial charge in [-0.1, -0.05) is 6.07 Å². The summed E-state index contributed by atoms with van der Waals surface area (Å²) >= 11 is 0. The maximum atomic E-state index is 12.0. The number of fused-ring (bicyclic) bond motifs is 2. The van der Waals surface area contributed by atoms with E-state index in [-0.39, 0.29) is 6.03 Å². The Morgan fingerprint density at radius 2 is 2.00 bits per heavy atom. The molecule has 0 aliphatic carbocycles. The van der Waals surface area contributed by atoms with Crippen LogP contribution in [0, 0.1) is 0 Å². The van der Waals surface area contributed by atoms with Crippen LogP contribution in [0.25, 0.3) is 33.5 Å². The fourth-order valence-corrected chi connectivity index (χ4v) is 3.92. The first kappa shape index (κ1) is 19.0. The molecule has 0 radical (unpaired) electrons. The van der Waals surface area contributed by atoms with Crippen LogP contribution in [0.2, 0.25) is 0 Å². The van der Waals surface area contributed by atoms with Crippen LogP contribution in [0.4, 0.5) is 16.4 Å². The van der Waals surface area contributed by atoms with Crippen LogP contribution in [0.15, 0.2) is 48.8 Å². The van der Waals surface area contributed by atoms with Gasteiger partial charge in [0, 0.05) is 36.7 Å². The number of benzene rings is 2. The maximum Gasteiger partial charge on any atom is 0.321 e. The lowest BCUT2D eigenvalue weighted by Gasteiger charge is -2.19. The Balaban J connectivity index is 1.63. The zero-order valence-electron chi connectivity index (χ0n) is 17.2. The molecule has 2 aromatic carbocycles. The second-order valence-corrected chi connectivity index (χ2v) is 7.46. The second kappa shape index (κ2) is 8.06. The Bertz CT molecular complexity index is 1250. The number of rotatable bonds is 4. The van der Waals surface area contributed by atoms with E-state index in [1.54, 1.807) is 18.5 Å². The average molecular weight is 413 g/mol. The lowest BCUT2D eigenvalue weighted by atomic mass is 9.96. The Morgan fingerprint density at radius 1 is 1.13 bits per heavy atom. The van der Waals surface area contributed by atoms with Crippen LogP contribution >= 0.6 is 0 Å². The molecular formula is C23H23N7O. The number of urea groups is 1. The lowest BCUT2D eigenvalue weighted by Crippen LogP contribution is -2.28. The van der Waals surface area contributed by atoms with Gasteiger partial charge in [-0.15, -0.1) is 0 Å². The third-order valence-electron chi connectivity index (χ3n) is 5.34. The van der Waals surface area contributed by atoms with E-state index in [1.807, 2.05) is 6.92 Å². The number of carbonyl (C=O) groups is 1. The molecule has 156 valence electrons. The highest BCUT2D eigenvalue weighted by atomic mass is 16.2. The largest absolute Gasteiger partial charge is 0.385 e. The smallest absolute Gasteiger partial charge is 0.321 e. The molecule has 1 aliphatic heterocycles. The molecule has 2 aromatic heterocycles. The number of aryl methyl sites for hydroxylation is 1. The van der Waals surface area contributed by atoms with Gasteiger partial charge in [0.25, 0.3) is 0 Å². The van der Waals surface area contributed by atoms with Gasteiger partial charge in [0.2, 0.25) is 5.95 Å². The molecule has 0 fully saturated rings. The van der Waals surface area contributed by atoms with Crippen molar-refractivity contribution >= 4 is 28.7 Å². The number of aromatic nitrogens is 4. The number of aromatic amines is 1. The number of H-pyrrole nitrogens is 1. The van der Waals surface area contributed by atoms with E-state index in [0.717, 1.165) is 41.6 Å². The van der Waals surface area contributed by atoms with Crippen molar-refractivity contribution in [3.8, 4) is 22.5 Å². The molecule has 4 aromatic rings. The summed E-state index contributed by atoms with van der Waals surface area (Å²) in [6.07, 6.45) is 5.63. The molecule has 3 heterocycles. The predicted octanol–water partition coefficient (Wildman–Crippen LogP) is 4.19. The molecule has 8 heteroatoms. The highest BCUT2D eigenvalue weighted by Gasteiger charge is 2.16. The Morgan fingerprint density at radius 3 is 2.84 bits per heavy atom. The number of anilines is 2. The summed E-state index contributed by atoms with van der Waals surface area (Å²) in [6, 6.07) is 12.1. The van der Waals surface area contributed by atoms with E-state index < -0.39 is 0 Å². The van der Waals surface area contributed by atoms with Crippen molar-refractivity contribution in [1.82, 2.24) is 25.3 Å². The molecular weight excluding hydrogens is 390 g/mol. The summed E-state index contributed by atoms with van der Waals surface area (Å²) < 4.78 is 0. The molecule has 31 heavy (non-hydrogen) atoms. The minimum atomic E-state index is -0.304. The minimum absolute atomic E-state index is 0.304. The van der Waals surface area contributed by atoms with E-state index in [0.29, 0.717) is 23.8 Å². The molecule has 2 amide bonds. The van der Waals surface area contributed by atoms with Gasteiger partial charge in [-0.05, 0) is 66.8 Å². The minimum Gasteiger partial charge on any atom is -0.385 e. The van der Waals surface area contributed by atoms with Gasteiger partial charge in [0.1, 0.15) is 5.52 Å². The van der Waals surface area contributed by atoms with E-state index >= 15 is 0 Å². The van der Waals surface area contributed by atoms with Gasteiger partial charge in [-0.25, -0.2) is 19.7 Å². The Labute approximate surface area is 179 Å². The third-order valence-corrected chi connectivity index (χ3v) is 5.34. The summed E-state index contributed by atoms with van der Waals surface area (Å²) in [4.78, 5) is 28.6. The average Bonchev–Trinajstić information content (AvgIpc) is 3.21. The summed E-state index contributed by atoms with van der Waals surface area (Å²) in [5, 5.41) is 8.91. The summed E-state index contributed by atoms with van der Waals surface area (Å²) in [5.41, 5.74) is 7.02. The predicted molar refractivity (Wildman–Crippen MR) is 122 cm³/mol. The molecule has 0 saturated heterocycles. The zero-order valence-corrected chi connectivity index (χ0v) is 17.2. The highest BCUT2D eigenvalue weighted by molar-refractivity contribution is 5.97. The Hall–Kier alpha value is -3.94. The molecule has 1 aliphatic rings. The second-order valence-electron chi connectivity index (χ2n) is 7.46. The first-order valence-corrected chi connectivity index (χ1v) is 10.4. The standard InChI is InChI=1S/C23H23N7O/c1-2-24-23(31)30-22-28-19-13-16(14-6-7-18-15(11-14)5-3-8-25-18)12-17(20(19)29-22)21-26-9-4-10-27-21/h4,6-7,9-13,25H,2-3,5,8H2,1H3,(H3,24,28,29,30,31). The van der Waals surface area contributed by atoms with E-state index in [9.17, 15) is 4.79 Å². The van der Waals surface area contributed by atoms with Crippen molar-refractivity contribution in [2.45, 2.75) is 19.8 Å². The first-order valence-electron chi connectivity index (χ1n) is 10.4. The molecule has 8 nitrogen and oxygen atoms in total. The maximum absolute atomic E-state index is 12.0. The van der Waals surface area contributed by atoms with Crippen molar-refractivity contribution in [3.05, 3.63) is 54.4 Å². The monoisotopic (exact) mass is 413 g/mol. The number of hydrogen-bond donors (Lipinski definition) is 4. The van der Waals surface area contributed by atoms with Gasteiger partial charge < -0.3 is 15.6 Å². The summed E-state index contributed by atoms with van der Waals surface area (Å²) in [5.74, 6) is 0.968. The highest BCUT2D eigenvalue weighted by Crippen LogP contribution is 2.34. The fraction of sp³-hybridized carbons (Fsp3) is 0.217. The molecule has 0 saturated carbocycles. The van der Waals surface area contributed by atoms with E-state index in [2.05, 4.69) is 66.2 Å². The van der Waals surface area contributed by atoms with Crippen molar-refractivity contribution in [3.63, 3.8) is 0 Å². The third kappa shape index (κ3) is 3.79. The van der Waals surface area contributed by atoms with Gasteiger partial charge in [0.05, 0.1) is 5.52 Å². The summed E-state index contributed by atoms with van der Waals surface area (Å²) in [7, 11) is 0. The van der Waals surface area contributed by atoms with Crippen LogP contribution in [0.3, 0.4) is 0 Å². The number of nitrogens with one attached hydrogen (secondary N) is 4. The molecule has 0 bridgehead atoms. The summed E-state index contributed by atoms with van der Waals surface area (Å²) in [6.45, 7) is 3.42. The topological polar surface area (TPSA) is 108 Å². The van der Waals surface area contributed by atoms with E-state index in [1.165, 1.54) is 11.3 Å². The molecule has 0 unspecified atom stereocenters. The quantitative estimate of drug-likeness (QED) is 0.401. The van der Waals surface area contributed by atoms with Crippen LogP contribution in [0.1, 0.15) is 18.9 Å². The first-order chi connectivity index (χ1) is 15.2. The van der Waals surface area contributed by atoms with Crippen LogP contribution in [-0.2, 0) is 6.42 Å². The lowest BCUT2D eigenvalue weighted by molar-refractivity contribution is 0.252. The number of hydrogen-bond acceptors (Lipinski definition) is 5. The van der Waals surface area contributed by atoms with Gasteiger partial charge >= 0.3 is 6.03 Å². The van der Waals surface area contributed by atoms with Crippen molar-refractivity contribution in [1.29, 1.82) is 0 Å². The van der Waals surface area contributed by atoms with Crippen LogP contribution in [0.5, 0.6) is 0 Å². The SMILES string of the molecule is CCNC(=O)Nc1nc2c(-c3ncccn3)cc(-c3ccc4c(c3)CCCN4)cc2[nH]1. The van der Waals surface area contributed by atoms with Crippen molar-refractivity contribution in [2.75, 3.05) is 23.7 Å². The van der Waals surface area contributed by atoms with Crippen molar-refractivity contribution < 1.29 is 4.79 Å². The molecule has 0 atom stereocenters. The van der Waals surface area contributed by atoms with Gasteiger partial charge in [-0.2, -0.15) is 0 Å². The van der Waals surface area contributed by atoms with Crippen LogP contribution in [-0.4, -0.2) is 39.1 Å². The fourth-order valence-electron chi connectivity index (χ4n) is 3.92. The van der Waals surface area contributed by atoms with Crippen molar-refractivity contribution in [2.24, 2.45) is 0 Å². The van der Waals surface area contributed by atoms with E-state index in [4.69, 9.17) is 0 Å². The number of carbonyl (C=O) groups excluding carboxylic acids is 1. The Kier molecular flexibility index (Phi) is 4.95. The number of amides is 2. The zero-order chi connectivity index (χ0) is 21.2. The van der Waals surface area contributed by atoms with Gasteiger partial charge in [0.15, 0.2) is 5.82 Å². The van der Waals surface area contributed by atoms with Gasteiger partial charge in [-0.3, -0.25) is 5.32 Å². The molecule has 4 N–H and O–H groups in total. The molecule has 0 spiro atoms. The number of imidazole rings is 1. The van der Waals surface area contributed by atoms with Crippen LogP contribution < -0.4 is 16.0 Å². The normalized spacial score (nSPS) is 12.8.